The van der Waals surface area contributed by atoms with Gasteiger partial charge in [-0.25, -0.2) is 4.98 Å². The van der Waals surface area contributed by atoms with Crippen LogP contribution in [0.15, 0.2) is 23.2 Å². The van der Waals surface area contributed by atoms with E-state index in [1.54, 1.807) is 32.6 Å². The van der Waals surface area contributed by atoms with E-state index < -0.39 is 0 Å². The Morgan fingerprint density at radius 3 is 2.54 bits per heavy atom. The lowest BCUT2D eigenvalue weighted by Crippen LogP contribution is -2.37. The Balaban J connectivity index is 0.00000338. The monoisotopic (exact) mass is 490 g/mol. The zero-order valence-electron chi connectivity index (χ0n) is 15.9. The smallest absolute Gasteiger partial charge is 0.191 e. The van der Waals surface area contributed by atoms with Crippen LogP contribution < -0.4 is 20.1 Å². The molecule has 0 saturated heterocycles. The normalized spacial score (nSPS) is 10.9. The third kappa shape index (κ3) is 6.31. The summed E-state index contributed by atoms with van der Waals surface area (Å²) < 4.78 is 10.7. The van der Waals surface area contributed by atoms with Gasteiger partial charge in [0.25, 0.3) is 0 Å². The third-order valence-electron chi connectivity index (χ3n) is 3.88. The number of nitrogens with one attached hydrogen (secondary N) is 2. The van der Waals surface area contributed by atoms with Crippen LogP contribution in [-0.4, -0.2) is 38.8 Å². The van der Waals surface area contributed by atoms with Crippen molar-refractivity contribution in [3.63, 3.8) is 0 Å². The van der Waals surface area contributed by atoms with E-state index in [0.717, 1.165) is 46.7 Å². The molecule has 1 aromatic heterocycles. The number of aliphatic imine (C=N–C) groups is 1. The Kier molecular flexibility index (Phi) is 9.71. The van der Waals surface area contributed by atoms with Gasteiger partial charge in [0.1, 0.15) is 16.5 Å². The van der Waals surface area contributed by atoms with Crippen molar-refractivity contribution in [2.75, 3.05) is 27.8 Å². The number of thiazole rings is 1. The van der Waals surface area contributed by atoms with E-state index in [2.05, 4.69) is 27.5 Å². The molecule has 6 nitrogen and oxygen atoms in total. The van der Waals surface area contributed by atoms with E-state index in [0.29, 0.717) is 6.54 Å². The minimum absolute atomic E-state index is 0. The number of benzene rings is 1. The second kappa shape index (κ2) is 11.2. The van der Waals surface area contributed by atoms with Crippen molar-refractivity contribution in [1.82, 2.24) is 15.6 Å². The van der Waals surface area contributed by atoms with Crippen molar-refractivity contribution in [2.45, 2.75) is 26.8 Å². The highest BCUT2D eigenvalue weighted by atomic mass is 127. The molecule has 0 amide bonds. The molecule has 2 rings (SSSR count). The standard InChI is InChI=1S/C18H26N4O2S.HI/c1-12-13(2)25-17(22-12)11-21-18(19-3)20-9-8-14-10-15(23-4)6-7-16(14)24-5;/h6-7,10H,8-9,11H2,1-5H3,(H2,19,20,21);1H. The molecule has 0 radical (unpaired) electrons. The van der Waals surface area contributed by atoms with Crippen LogP contribution in [0.3, 0.4) is 0 Å². The first-order valence-corrected chi connectivity index (χ1v) is 8.97. The summed E-state index contributed by atoms with van der Waals surface area (Å²) in [5.74, 6) is 2.44. The SMILES string of the molecule is CN=C(NCCc1cc(OC)ccc1OC)NCc1nc(C)c(C)s1.I. The molecule has 8 heteroatoms. The van der Waals surface area contributed by atoms with Crippen molar-refractivity contribution < 1.29 is 9.47 Å². The zero-order chi connectivity index (χ0) is 18.2. The molecule has 0 saturated carbocycles. The van der Waals surface area contributed by atoms with Gasteiger partial charge < -0.3 is 20.1 Å². The van der Waals surface area contributed by atoms with Gasteiger partial charge in [0.15, 0.2) is 5.96 Å². The number of aryl methyl sites for hydroxylation is 2. The van der Waals surface area contributed by atoms with Crippen LogP contribution in [0.25, 0.3) is 0 Å². The highest BCUT2D eigenvalue weighted by molar-refractivity contribution is 14.0. The summed E-state index contributed by atoms with van der Waals surface area (Å²) >= 11 is 1.71. The van der Waals surface area contributed by atoms with Crippen molar-refractivity contribution in [2.24, 2.45) is 4.99 Å². The number of rotatable bonds is 7. The largest absolute Gasteiger partial charge is 0.497 e. The molecular formula is C18H27IN4O2S. The van der Waals surface area contributed by atoms with Crippen molar-refractivity contribution in [1.29, 1.82) is 0 Å². The molecular weight excluding hydrogens is 463 g/mol. The number of hydrogen-bond donors (Lipinski definition) is 2. The van der Waals surface area contributed by atoms with Crippen LogP contribution >= 0.6 is 35.3 Å². The van der Waals surface area contributed by atoms with Crippen LogP contribution in [-0.2, 0) is 13.0 Å². The Labute approximate surface area is 176 Å². The molecule has 0 fully saturated rings. The number of methoxy groups -OCH3 is 2. The molecule has 0 aliphatic carbocycles. The van der Waals surface area contributed by atoms with E-state index in [9.17, 15) is 0 Å². The molecule has 0 bridgehead atoms. The topological polar surface area (TPSA) is 67.8 Å². The second-order valence-corrected chi connectivity index (χ2v) is 6.82. The van der Waals surface area contributed by atoms with Crippen LogP contribution in [0, 0.1) is 13.8 Å². The molecule has 0 unspecified atom stereocenters. The first-order valence-electron chi connectivity index (χ1n) is 8.15. The van der Waals surface area contributed by atoms with Gasteiger partial charge >= 0.3 is 0 Å². The molecule has 0 aliphatic rings. The van der Waals surface area contributed by atoms with Gasteiger partial charge in [-0.1, -0.05) is 0 Å². The number of hydrogen-bond acceptors (Lipinski definition) is 5. The molecule has 0 spiro atoms. The Morgan fingerprint density at radius 2 is 1.96 bits per heavy atom. The number of guanidine groups is 1. The molecule has 1 heterocycles. The first kappa shape index (κ1) is 22.5. The maximum atomic E-state index is 5.41. The van der Waals surface area contributed by atoms with E-state index in [1.165, 1.54) is 4.88 Å². The molecule has 0 aliphatic heterocycles. The molecule has 2 N–H and O–H groups in total. The summed E-state index contributed by atoms with van der Waals surface area (Å²) in [6.07, 6.45) is 0.802. The van der Waals surface area contributed by atoms with Gasteiger partial charge in [0, 0.05) is 18.5 Å². The summed E-state index contributed by atoms with van der Waals surface area (Å²) in [7, 11) is 5.11. The number of nitrogens with zero attached hydrogens (tertiary/aromatic N) is 2. The summed E-state index contributed by atoms with van der Waals surface area (Å²) in [6, 6.07) is 5.82. The van der Waals surface area contributed by atoms with Crippen LogP contribution in [0.1, 0.15) is 21.1 Å². The van der Waals surface area contributed by atoms with Crippen molar-refractivity contribution in [3.8, 4) is 11.5 Å². The Hall–Kier alpha value is -1.55. The van der Waals surface area contributed by atoms with E-state index in [4.69, 9.17) is 9.47 Å². The van der Waals surface area contributed by atoms with Gasteiger partial charge in [-0.3, -0.25) is 4.99 Å². The predicted molar refractivity (Wildman–Crippen MR) is 118 cm³/mol. The predicted octanol–water partition coefficient (Wildman–Crippen LogP) is 3.30. The number of halogens is 1. The third-order valence-corrected chi connectivity index (χ3v) is 4.95. The lowest BCUT2D eigenvalue weighted by molar-refractivity contribution is 0.398. The fourth-order valence-electron chi connectivity index (χ4n) is 2.39. The van der Waals surface area contributed by atoms with Gasteiger partial charge in [0.05, 0.1) is 26.5 Å². The average molecular weight is 490 g/mol. The van der Waals surface area contributed by atoms with Gasteiger partial charge in [-0.05, 0) is 44.0 Å². The van der Waals surface area contributed by atoms with Crippen molar-refractivity contribution >= 4 is 41.3 Å². The summed E-state index contributed by atoms with van der Waals surface area (Å²) in [6.45, 7) is 5.52. The summed E-state index contributed by atoms with van der Waals surface area (Å²) in [4.78, 5) is 10.0. The summed E-state index contributed by atoms with van der Waals surface area (Å²) in [5.41, 5.74) is 2.19. The lowest BCUT2D eigenvalue weighted by Gasteiger charge is -2.13. The average Bonchev–Trinajstić information content (AvgIpc) is 2.95. The van der Waals surface area contributed by atoms with Gasteiger partial charge in [0.2, 0.25) is 0 Å². The highest BCUT2D eigenvalue weighted by Crippen LogP contribution is 2.24. The first-order chi connectivity index (χ1) is 12.1. The minimum Gasteiger partial charge on any atom is -0.497 e. The van der Waals surface area contributed by atoms with Crippen LogP contribution in [0.4, 0.5) is 0 Å². The van der Waals surface area contributed by atoms with Crippen LogP contribution in [0.2, 0.25) is 0 Å². The molecule has 0 atom stereocenters. The van der Waals surface area contributed by atoms with Gasteiger partial charge in [-0.15, -0.1) is 35.3 Å². The molecule has 1 aromatic carbocycles. The fourth-order valence-corrected chi connectivity index (χ4v) is 3.26. The van der Waals surface area contributed by atoms with E-state index in [1.807, 2.05) is 25.1 Å². The quantitative estimate of drug-likeness (QED) is 0.354. The van der Waals surface area contributed by atoms with E-state index >= 15 is 0 Å². The van der Waals surface area contributed by atoms with E-state index in [-0.39, 0.29) is 24.0 Å². The maximum Gasteiger partial charge on any atom is 0.191 e. The Bertz CT molecular complexity index is 714. The summed E-state index contributed by atoms with van der Waals surface area (Å²) in [5, 5.41) is 7.67. The Morgan fingerprint density at radius 1 is 1.19 bits per heavy atom. The molecule has 26 heavy (non-hydrogen) atoms. The maximum absolute atomic E-state index is 5.41. The second-order valence-electron chi connectivity index (χ2n) is 5.53. The molecule has 144 valence electrons. The highest BCUT2D eigenvalue weighted by Gasteiger charge is 2.07. The number of aromatic nitrogens is 1. The zero-order valence-corrected chi connectivity index (χ0v) is 19.0. The minimum atomic E-state index is 0. The fraction of sp³-hybridized carbons (Fsp3) is 0.444. The lowest BCUT2D eigenvalue weighted by atomic mass is 10.1. The van der Waals surface area contributed by atoms with Gasteiger partial charge in [-0.2, -0.15) is 0 Å². The number of ether oxygens (including phenoxy) is 2. The van der Waals surface area contributed by atoms with Crippen molar-refractivity contribution in [3.05, 3.63) is 39.3 Å². The molecule has 2 aromatic rings. The van der Waals surface area contributed by atoms with Crippen LogP contribution in [0.5, 0.6) is 11.5 Å².